The molecule has 5 heterocycles. The second-order valence-electron chi connectivity index (χ2n) is 11.9. The number of nitrogens with two attached hydrogens (primary N) is 1. The Hall–Kier alpha value is -4.87. The lowest BCUT2D eigenvalue weighted by Gasteiger charge is -2.12. The van der Waals surface area contributed by atoms with Gasteiger partial charge in [0.15, 0.2) is 5.65 Å². The Balaban J connectivity index is 1.24. The summed E-state index contributed by atoms with van der Waals surface area (Å²) in [5.41, 5.74) is 14.1. The number of nitrogens with one attached hydrogen (secondary N) is 3. The molecule has 228 valence electrons. The van der Waals surface area contributed by atoms with Crippen LogP contribution in [0.4, 0.5) is 10.1 Å². The second kappa shape index (κ2) is 11.6. The fraction of sp³-hybridized carbons (Fsp3) is 0.206. The molecule has 0 saturated heterocycles. The summed E-state index contributed by atoms with van der Waals surface area (Å²) in [6.45, 7) is 0.464. The summed E-state index contributed by atoms with van der Waals surface area (Å²) in [7, 11) is -1.44. The number of fused-ring (bicyclic) bond motifs is 2. The number of hydrogen-bond donors (Lipinski definition) is 4. The molecule has 1 saturated carbocycles. The van der Waals surface area contributed by atoms with E-state index in [-0.39, 0.29) is 5.82 Å². The summed E-state index contributed by atoms with van der Waals surface area (Å²) in [5.74, 6) is 8.80. The topological polar surface area (TPSA) is 134 Å². The van der Waals surface area contributed by atoms with Gasteiger partial charge in [-0.1, -0.05) is 24.6 Å². The first-order valence-corrected chi connectivity index (χ1v) is 17.2. The Labute approximate surface area is 260 Å². The van der Waals surface area contributed by atoms with Crippen molar-refractivity contribution in [3.63, 3.8) is 0 Å². The smallest absolute Gasteiger partial charge is 0.181 e. The Bertz CT molecular complexity index is 2190. The van der Waals surface area contributed by atoms with Gasteiger partial charge >= 0.3 is 0 Å². The van der Waals surface area contributed by atoms with Crippen LogP contribution in [0.5, 0.6) is 0 Å². The molecule has 0 amide bonds. The first-order chi connectivity index (χ1) is 21.7. The lowest BCUT2D eigenvalue weighted by Crippen LogP contribution is -2.20. The molecule has 0 bridgehead atoms. The molecular weight excluding hydrogens is 586 g/mol. The normalized spacial score (nSPS) is 14.6. The zero-order valence-corrected chi connectivity index (χ0v) is 25.8. The SMILES string of the molecule is C=S(=C)(C)NCc1cc(F)cc(-c2nccc3[nH]c(-c4[nH]nc5ncc(-c6cncc(N=C(N)C7CCCC7)c6)cc45)cc23)c1. The van der Waals surface area contributed by atoms with E-state index in [2.05, 4.69) is 51.6 Å². The molecule has 0 unspecified atom stereocenters. The highest BCUT2D eigenvalue weighted by molar-refractivity contribution is 8.25. The van der Waals surface area contributed by atoms with Crippen LogP contribution in [-0.4, -0.2) is 54.0 Å². The van der Waals surface area contributed by atoms with Gasteiger partial charge in [-0.25, -0.2) is 14.4 Å². The molecule has 1 aliphatic rings. The molecule has 1 aromatic carbocycles. The Kier molecular flexibility index (Phi) is 7.42. The van der Waals surface area contributed by atoms with Gasteiger partial charge in [-0.05, 0) is 67.1 Å². The molecule has 0 aliphatic heterocycles. The molecule has 0 radical (unpaired) electrons. The summed E-state index contributed by atoms with van der Waals surface area (Å²) in [5, 5.41) is 9.32. The highest BCUT2D eigenvalue weighted by Crippen LogP contribution is 2.35. The number of aromatic amines is 2. The first kappa shape index (κ1) is 28.9. The summed E-state index contributed by atoms with van der Waals surface area (Å²) < 4.78 is 18.0. The summed E-state index contributed by atoms with van der Waals surface area (Å²) >= 11 is 0. The maximum atomic E-state index is 14.7. The Morgan fingerprint density at radius 2 is 1.84 bits per heavy atom. The molecule has 1 aliphatic carbocycles. The van der Waals surface area contributed by atoms with E-state index in [9.17, 15) is 4.39 Å². The number of aromatic nitrogens is 6. The van der Waals surface area contributed by atoms with Crippen molar-refractivity contribution in [2.45, 2.75) is 32.2 Å². The number of aliphatic imine (C=N–C) groups is 1. The van der Waals surface area contributed by atoms with Crippen LogP contribution >= 0.6 is 9.39 Å². The largest absolute Gasteiger partial charge is 0.387 e. The molecule has 6 aromatic rings. The van der Waals surface area contributed by atoms with E-state index >= 15 is 0 Å². The average Bonchev–Trinajstić information content (AvgIpc) is 3.79. The van der Waals surface area contributed by atoms with Gasteiger partial charge in [0, 0.05) is 64.0 Å². The van der Waals surface area contributed by atoms with Crippen LogP contribution in [-0.2, 0) is 6.54 Å². The van der Waals surface area contributed by atoms with Gasteiger partial charge in [0.05, 0.1) is 29.0 Å². The van der Waals surface area contributed by atoms with E-state index in [1.165, 1.54) is 25.0 Å². The number of benzene rings is 1. The Morgan fingerprint density at radius 1 is 1.02 bits per heavy atom. The minimum absolute atomic E-state index is 0.327. The van der Waals surface area contributed by atoms with E-state index in [1.54, 1.807) is 24.8 Å². The standard InChI is InChI=1S/C34H34FN9S/c1-45(2,3)40-16-20-10-22(12-25(35)11-20)31-27-15-30(42-29(27)8-9-38-31)32-28-14-24(18-39-34(28)44-43-32)23-13-26(19-37-17-23)41-33(36)21-6-4-5-7-21/h8-15,17-19,21,40,42H,1-2,4-7,16H2,3H3,(H2,36,41)(H,39,43,44). The van der Waals surface area contributed by atoms with E-state index in [0.717, 1.165) is 62.9 Å². The highest BCUT2D eigenvalue weighted by Gasteiger charge is 2.19. The number of amidine groups is 1. The van der Waals surface area contributed by atoms with E-state index in [4.69, 9.17) is 5.73 Å². The minimum atomic E-state index is -1.44. The van der Waals surface area contributed by atoms with E-state index < -0.39 is 9.39 Å². The minimum Gasteiger partial charge on any atom is -0.387 e. The van der Waals surface area contributed by atoms with Crippen LogP contribution < -0.4 is 10.5 Å². The van der Waals surface area contributed by atoms with Crippen molar-refractivity contribution in [1.82, 2.24) is 34.9 Å². The number of halogens is 1. The third-order valence-corrected chi connectivity index (χ3v) is 9.01. The van der Waals surface area contributed by atoms with Crippen LogP contribution in [0.15, 0.2) is 72.2 Å². The maximum Gasteiger partial charge on any atom is 0.181 e. The third kappa shape index (κ3) is 6.09. The predicted octanol–water partition coefficient (Wildman–Crippen LogP) is 6.85. The number of H-pyrrole nitrogens is 2. The molecule has 1 fully saturated rings. The van der Waals surface area contributed by atoms with Gasteiger partial charge in [0.25, 0.3) is 0 Å². The fourth-order valence-corrected chi connectivity index (χ4v) is 6.45. The lowest BCUT2D eigenvalue weighted by atomic mass is 10.0. The van der Waals surface area contributed by atoms with Crippen molar-refractivity contribution >= 4 is 54.6 Å². The highest BCUT2D eigenvalue weighted by atomic mass is 32.2. The van der Waals surface area contributed by atoms with E-state index in [0.29, 0.717) is 35.2 Å². The van der Waals surface area contributed by atoms with Gasteiger partial charge in [-0.15, -0.1) is 0 Å². The van der Waals surface area contributed by atoms with Crippen LogP contribution in [0.25, 0.3) is 55.7 Å². The zero-order valence-electron chi connectivity index (χ0n) is 25.0. The summed E-state index contributed by atoms with van der Waals surface area (Å²) in [6.07, 6.45) is 13.6. The van der Waals surface area contributed by atoms with Crippen molar-refractivity contribution in [2.24, 2.45) is 16.6 Å². The summed E-state index contributed by atoms with van der Waals surface area (Å²) in [6, 6.07) is 12.9. The van der Waals surface area contributed by atoms with Gasteiger partial charge in [-0.2, -0.15) is 14.5 Å². The van der Waals surface area contributed by atoms with Gasteiger partial charge < -0.3 is 10.7 Å². The Morgan fingerprint density at radius 3 is 2.67 bits per heavy atom. The molecule has 11 heteroatoms. The molecular formula is C34H34FN9S. The van der Waals surface area contributed by atoms with Crippen molar-refractivity contribution in [3.05, 3.63) is 78.6 Å². The molecule has 45 heavy (non-hydrogen) atoms. The fourth-order valence-electron chi connectivity index (χ4n) is 5.94. The first-order valence-electron chi connectivity index (χ1n) is 14.8. The summed E-state index contributed by atoms with van der Waals surface area (Å²) in [4.78, 5) is 21.9. The molecule has 0 atom stereocenters. The monoisotopic (exact) mass is 619 g/mol. The molecule has 7 rings (SSSR count). The molecule has 0 spiro atoms. The van der Waals surface area contributed by atoms with Crippen molar-refractivity contribution in [2.75, 3.05) is 6.26 Å². The number of hydrogen-bond acceptors (Lipinski definition) is 6. The molecule has 5 aromatic heterocycles. The molecule has 9 nitrogen and oxygen atoms in total. The molecule has 5 N–H and O–H groups in total. The van der Waals surface area contributed by atoms with Crippen molar-refractivity contribution in [3.8, 4) is 33.8 Å². The van der Waals surface area contributed by atoms with Crippen LogP contribution in [0.3, 0.4) is 0 Å². The van der Waals surface area contributed by atoms with Gasteiger partial charge in [0.1, 0.15) is 11.7 Å². The zero-order chi connectivity index (χ0) is 31.1. The van der Waals surface area contributed by atoms with Crippen molar-refractivity contribution < 1.29 is 4.39 Å². The average molecular weight is 620 g/mol. The number of nitrogens with zero attached hydrogens (tertiary/aromatic N) is 5. The van der Waals surface area contributed by atoms with Crippen molar-refractivity contribution in [1.29, 1.82) is 0 Å². The predicted molar refractivity (Wildman–Crippen MR) is 185 cm³/mol. The third-order valence-electron chi connectivity index (χ3n) is 8.17. The number of rotatable bonds is 8. The maximum absolute atomic E-state index is 14.7. The quantitative estimate of drug-likeness (QED) is 0.0837. The van der Waals surface area contributed by atoms with Crippen LogP contribution in [0.1, 0.15) is 31.2 Å². The second-order valence-corrected chi connectivity index (χ2v) is 14.7. The van der Waals surface area contributed by atoms with Gasteiger partial charge in [-0.3, -0.25) is 19.8 Å². The van der Waals surface area contributed by atoms with Gasteiger partial charge in [0.2, 0.25) is 0 Å². The van der Waals surface area contributed by atoms with Crippen LogP contribution in [0, 0.1) is 11.7 Å². The van der Waals surface area contributed by atoms with Crippen LogP contribution in [0.2, 0.25) is 0 Å². The van der Waals surface area contributed by atoms with E-state index in [1.807, 2.05) is 36.6 Å². The number of pyridine rings is 3. The lowest BCUT2D eigenvalue weighted by molar-refractivity contribution is 0.625.